The van der Waals surface area contributed by atoms with Crippen LogP contribution in [0.5, 0.6) is 5.75 Å². The van der Waals surface area contributed by atoms with Crippen LogP contribution in [0.2, 0.25) is 0 Å². The lowest BCUT2D eigenvalue weighted by molar-refractivity contribution is 0.166. The van der Waals surface area contributed by atoms with Gasteiger partial charge in [-0.25, -0.2) is 0 Å². The Morgan fingerprint density at radius 1 is 1.53 bits per heavy atom. The molecule has 1 aliphatic rings. The van der Waals surface area contributed by atoms with Crippen LogP contribution in [0, 0.1) is 16.7 Å². The Hall–Kier alpha value is -1.05. The number of hydrogen-bond acceptors (Lipinski definition) is 3. The van der Waals surface area contributed by atoms with E-state index in [1.807, 2.05) is 18.2 Å². The Kier molecular flexibility index (Phi) is 3.41. The lowest BCUT2D eigenvalue weighted by Crippen LogP contribution is -2.39. The summed E-state index contributed by atoms with van der Waals surface area (Å²) in [5.74, 6) is 0.752. The first-order valence-corrected chi connectivity index (χ1v) is 6.42. The van der Waals surface area contributed by atoms with Crippen LogP contribution in [0.15, 0.2) is 22.7 Å². The molecule has 2 rings (SSSR count). The second kappa shape index (κ2) is 4.67. The average Bonchev–Trinajstić information content (AvgIpc) is 2.28. The van der Waals surface area contributed by atoms with E-state index in [1.165, 1.54) is 0 Å². The van der Waals surface area contributed by atoms with Crippen molar-refractivity contribution in [1.29, 1.82) is 5.26 Å². The Labute approximate surface area is 110 Å². The summed E-state index contributed by atoms with van der Waals surface area (Å²) in [6.45, 7) is 0. The number of benzene rings is 1. The van der Waals surface area contributed by atoms with Gasteiger partial charge in [-0.2, -0.15) is 5.26 Å². The van der Waals surface area contributed by atoms with Crippen molar-refractivity contribution in [2.24, 2.45) is 11.1 Å². The highest BCUT2D eigenvalue weighted by Crippen LogP contribution is 2.50. The van der Waals surface area contributed by atoms with E-state index in [4.69, 9.17) is 10.5 Å². The van der Waals surface area contributed by atoms with Crippen LogP contribution in [-0.4, -0.2) is 7.11 Å². The molecule has 1 saturated carbocycles. The van der Waals surface area contributed by atoms with Crippen molar-refractivity contribution in [3.8, 4) is 11.8 Å². The quantitative estimate of drug-likeness (QED) is 0.931. The van der Waals surface area contributed by atoms with Crippen molar-refractivity contribution in [3.63, 3.8) is 0 Å². The number of nitrogens with zero attached hydrogens (tertiary/aromatic N) is 1. The predicted octanol–water partition coefficient (Wildman–Crippen LogP) is 3.15. The monoisotopic (exact) mass is 294 g/mol. The normalized spacial score (nSPS) is 18.9. The number of hydrogen-bond donors (Lipinski definition) is 1. The minimum atomic E-state index is -0.409. The van der Waals surface area contributed by atoms with Gasteiger partial charge in [-0.3, -0.25) is 0 Å². The second-order valence-electron chi connectivity index (χ2n) is 4.49. The van der Waals surface area contributed by atoms with Gasteiger partial charge in [0, 0.05) is 10.0 Å². The summed E-state index contributed by atoms with van der Waals surface area (Å²) in [5.41, 5.74) is 6.76. The summed E-state index contributed by atoms with van der Waals surface area (Å²) in [5, 5.41) is 9.32. The fraction of sp³-hybridized carbons (Fsp3) is 0.462. The Morgan fingerprint density at radius 3 is 2.71 bits per heavy atom. The molecule has 0 radical (unpaired) electrons. The zero-order chi connectivity index (χ0) is 12.5. The molecule has 1 aromatic carbocycles. The van der Waals surface area contributed by atoms with Crippen molar-refractivity contribution in [3.05, 3.63) is 28.2 Å². The molecule has 0 aromatic heterocycles. The van der Waals surface area contributed by atoms with Crippen LogP contribution < -0.4 is 10.5 Å². The molecule has 1 aliphatic carbocycles. The molecule has 17 heavy (non-hydrogen) atoms. The fourth-order valence-electron chi connectivity index (χ4n) is 2.30. The number of rotatable bonds is 3. The van der Waals surface area contributed by atoms with Crippen molar-refractivity contribution in [1.82, 2.24) is 0 Å². The smallest absolute Gasteiger partial charge is 0.123 e. The van der Waals surface area contributed by atoms with Crippen LogP contribution >= 0.6 is 15.9 Å². The van der Waals surface area contributed by atoms with E-state index < -0.39 is 5.41 Å². The molecule has 0 amide bonds. The lowest BCUT2D eigenvalue weighted by atomic mass is 9.63. The largest absolute Gasteiger partial charge is 0.496 e. The summed E-state index contributed by atoms with van der Waals surface area (Å²) in [6.07, 6.45) is 2.83. The molecule has 0 aliphatic heterocycles. The summed E-state index contributed by atoms with van der Waals surface area (Å²) >= 11 is 3.43. The predicted molar refractivity (Wildman–Crippen MR) is 69.5 cm³/mol. The van der Waals surface area contributed by atoms with Crippen LogP contribution in [0.1, 0.15) is 30.9 Å². The third-order valence-corrected chi connectivity index (χ3v) is 4.08. The number of nitriles is 1. The fourth-order valence-corrected chi connectivity index (χ4v) is 2.67. The van der Waals surface area contributed by atoms with Gasteiger partial charge in [-0.1, -0.05) is 22.4 Å². The lowest BCUT2D eigenvalue weighted by Gasteiger charge is -2.40. The van der Waals surface area contributed by atoms with E-state index >= 15 is 0 Å². The van der Waals surface area contributed by atoms with Gasteiger partial charge in [0.2, 0.25) is 0 Å². The molecular formula is C13H15BrN2O. The molecule has 1 aromatic rings. The number of methoxy groups -OCH3 is 1. The van der Waals surface area contributed by atoms with E-state index in [1.54, 1.807) is 7.11 Å². The summed E-state index contributed by atoms with van der Waals surface area (Å²) in [7, 11) is 1.62. The van der Waals surface area contributed by atoms with E-state index in [-0.39, 0.29) is 6.04 Å². The molecular weight excluding hydrogens is 280 g/mol. The highest BCUT2D eigenvalue weighted by atomic mass is 79.9. The number of ether oxygens (including phenoxy) is 1. The van der Waals surface area contributed by atoms with Gasteiger partial charge in [0.05, 0.1) is 24.6 Å². The van der Waals surface area contributed by atoms with Crippen molar-refractivity contribution < 1.29 is 4.74 Å². The van der Waals surface area contributed by atoms with Gasteiger partial charge in [-0.15, -0.1) is 0 Å². The van der Waals surface area contributed by atoms with Crippen LogP contribution in [0.3, 0.4) is 0 Å². The van der Waals surface area contributed by atoms with E-state index in [9.17, 15) is 5.26 Å². The van der Waals surface area contributed by atoms with E-state index in [0.29, 0.717) is 0 Å². The zero-order valence-corrected chi connectivity index (χ0v) is 11.3. The molecule has 0 saturated heterocycles. The van der Waals surface area contributed by atoms with Gasteiger partial charge >= 0.3 is 0 Å². The first-order chi connectivity index (χ1) is 8.13. The number of halogens is 1. The molecule has 0 heterocycles. The van der Waals surface area contributed by atoms with Gasteiger partial charge in [-0.05, 0) is 31.0 Å². The van der Waals surface area contributed by atoms with Gasteiger partial charge in [0.15, 0.2) is 0 Å². The molecule has 1 atom stereocenters. The second-order valence-corrected chi connectivity index (χ2v) is 5.40. The highest BCUT2D eigenvalue weighted by molar-refractivity contribution is 9.10. The SMILES string of the molecule is COc1ccc(Br)cc1C(N)C1(C#N)CCC1. The molecule has 0 spiro atoms. The highest BCUT2D eigenvalue weighted by Gasteiger charge is 2.44. The topological polar surface area (TPSA) is 59.0 Å². The Morgan fingerprint density at radius 2 is 2.24 bits per heavy atom. The maximum atomic E-state index is 9.32. The van der Waals surface area contributed by atoms with Crippen molar-refractivity contribution in [2.75, 3.05) is 7.11 Å². The molecule has 90 valence electrons. The minimum Gasteiger partial charge on any atom is -0.496 e. The van der Waals surface area contributed by atoms with E-state index in [0.717, 1.165) is 35.0 Å². The third kappa shape index (κ3) is 2.05. The van der Waals surface area contributed by atoms with E-state index in [2.05, 4.69) is 22.0 Å². The molecule has 1 fully saturated rings. The van der Waals surface area contributed by atoms with Crippen LogP contribution in [0.4, 0.5) is 0 Å². The Balaban J connectivity index is 2.39. The summed E-state index contributed by atoms with van der Waals surface area (Å²) < 4.78 is 6.27. The molecule has 1 unspecified atom stereocenters. The average molecular weight is 295 g/mol. The minimum absolute atomic E-state index is 0.284. The summed E-state index contributed by atoms with van der Waals surface area (Å²) in [4.78, 5) is 0. The Bertz CT molecular complexity index is 463. The van der Waals surface area contributed by atoms with Crippen LogP contribution in [0.25, 0.3) is 0 Å². The first-order valence-electron chi connectivity index (χ1n) is 5.63. The van der Waals surface area contributed by atoms with Gasteiger partial charge in [0.1, 0.15) is 5.75 Å². The molecule has 3 nitrogen and oxygen atoms in total. The standard InChI is InChI=1S/C13H15BrN2O/c1-17-11-4-3-9(14)7-10(11)12(16)13(8-15)5-2-6-13/h3-4,7,12H,2,5-6,16H2,1H3. The summed E-state index contributed by atoms with van der Waals surface area (Å²) in [6, 6.07) is 7.84. The van der Waals surface area contributed by atoms with Gasteiger partial charge in [0.25, 0.3) is 0 Å². The molecule has 0 bridgehead atoms. The van der Waals surface area contributed by atoms with Crippen LogP contribution in [-0.2, 0) is 0 Å². The molecule has 4 heteroatoms. The van der Waals surface area contributed by atoms with Gasteiger partial charge < -0.3 is 10.5 Å². The number of nitrogens with two attached hydrogens (primary N) is 1. The molecule has 2 N–H and O–H groups in total. The zero-order valence-electron chi connectivity index (χ0n) is 9.74. The van der Waals surface area contributed by atoms with Crippen molar-refractivity contribution >= 4 is 15.9 Å². The third-order valence-electron chi connectivity index (χ3n) is 3.59. The van der Waals surface area contributed by atoms with Crippen molar-refractivity contribution in [2.45, 2.75) is 25.3 Å². The maximum Gasteiger partial charge on any atom is 0.123 e. The maximum absolute atomic E-state index is 9.32. The first kappa shape index (κ1) is 12.4.